The maximum absolute atomic E-state index is 11.6. The van der Waals surface area contributed by atoms with Gasteiger partial charge in [0.25, 0.3) is 0 Å². The third kappa shape index (κ3) is 1.69. The van der Waals surface area contributed by atoms with Crippen LogP contribution in [0.3, 0.4) is 0 Å². The third-order valence-corrected chi connectivity index (χ3v) is 3.91. The van der Waals surface area contributed by atoms with E-state index in [1.54, 1.807) is 0 Å². The molecule has 1 aromatic rings. The molecular formula is C11H12O3S. The van der Waals surface area contributed by atoms with Crippen LogP contribution < -0.4 is 0 Å². The van der Waals surface area contributed by atoms with Crippen LogP contribution in [-0.2, 0) is 17.6 Å². The number of methoxy groups -OCH3 is 1. The molecule has 1 aliphatic carbocycles. The lowest BCUT2D eigenvalue weighted by Crippen LogP contribution is -2.09. The van der Waals surface area contributed by atoms with Crippen LogP contribution in [0.1, 0.15) is 43.3 Å². The summed E-state index contributed by atoms with van der Waals surface area (Å²) in [6.07, 6.45) is 4.87. The normalized spacial score (nSPS) is 14.5. The Bertz CT molecular complexity index is 406. The largest absolute Gasteiger partial charge is 0.465 e. The van der Waals surface area contributed by atoms with Crippen molar-refractivity contribution in [1.29, 1.82) is 0 Å². The van der Waals surface area contributed by atoms with Gasteiger partial charge >= 0.3 is 5.97 Å². The number of esters is 1. The summed E-state index contributed by atoms with van der Waals surface area (Å²) in [5, 5.41) is 0. The molecule has 0 bridgehead atoms. The lowest BCUT2D eigenvalue weighted by atomic mass is 9.95. The lowest BCUT2D eigenvalue weighted by Gasteiger charge is -2.11. The van der Waals surface area contributed by atoms with Crippen LogP contribution in [0.4, 0.5) is 0 Å². The molecular weight excluding hydrogens is 212 g/mol. The lowest BCUT2D eigenvalue weighted by molar-refractivity contribution is 0.0597. The molecule has 0 aliphatic heterocycles. The molecule has 1 aliphatic rings. The minimum absolute atomic E-state index is 0.378. The third-order valence-electron chi connectivity index (χ3n) is 2.70. The van der Waals surface area contributed by atoms with Crippen molar-refractivity contribution in [2.24, 2.45) is 0 Å². The van der Waals surface area contributed by atoms with Crippen molar-refractivity contribution in [2.45, 2.75) is 25.7 Å². The molecule has 15 heavy (non-hydrogen) atoms. The second kappa shape index (κ2) is 4.14. The highest BCUT2D eigenvalue weighted by molar-refractivity contribution is 7.14. The van der Waals surface area contributed by atoms with Gasteiger partial charge < -0.3 is 4.74 Å². The van der Waals surface area contributed by atoms with Crippen LogP contribution >= 0.6 is 11.3 Å². The van der Waals surface area contributed by atoms with Crippen molar-refractivity contribution < 1.29 is 14.3 Å². The van der Waals surface area contributed by atoms with E-state index in [4.69, 9.17) is 4.74 Å². The molecule has 0 saturated heterocycles. The van der Waals surface area contributed by atoms with Crippen molar-refractivity contribution in [3.05, 3.63) is 20.9 Å². The standard InChI is InChI=1S/C11H12O3S/c1-14-11(13)10-7-4-2-3-5-8(7)15-9(10)6-12/h6H,2-5H2,1H3. The summed E-state index contributed by atoms with van der Waals surface area (Å²) in [5.74, 6) is -0.378. The van der Waals surface area contributed by atoms with Gasteiger partial charge in [0.15, 0.2) is 6.29 Å². The Balaban J connectivity index is 2.53. The molecule has 0 radical (unpaired) electrons. The number of hydrogen-bond acceptors (Lipinski definition) is 4. The quantitative estimate of drug-likeness (QED) is 0.571. The molecule has 80 valence electrons. The predicted molar refractivity (Wildman–Crippen MR) is 57.7 cm³/mol. The number of fused-ring (bicyclic) bond motifs is 1. The highest BCUT2D eigenvalue weighted by Gasteiger charge is 2.25. The molecule has 2 rings (SSSR count). The van der Waals surface area contributed by atoms with Crippen LogP contribution in [0.25, 0.3) is 0 Å². The summed E-state index contributed by atoms with van der Waals surface area (Å²) < 4.78 is 4.71. The Kier molecular flexibility index (Phi) is 2.86. The predicted octanol–water partition coefficient (Wildman–Crippen LogP) is 2.23. The number of aldehydes is 1. The monoisotopic (exact) mass is 224 g/mol. The summed E-state index contributed by atoms with van der Waals surface area (Å²) in [6.45, 7) is 0. The Morgan fingerprint density at radius 3 is 2.80 bits per heavy atom. The van der Waals surface area contributed by atoms with Gasteiger partial charge in [-0.25, -0.2) is 4.79 Å². The van der Waals surface area contributed by atoms with E-state index in [2.05, 4.69) is 0 Å². The second-order valence-electron chi connectivity index (χ2n) is 3.56. The maximum Gasteiger partial charge on any atom is 0.339 e. The van der Waals surface area contributed by atoms with Gasteiger partial charge in [-0.2, -0.15) is 0 Å². The molecule has 0 spiro atoms. The average Bonchev–Trinajstić information content (AvgIpc) is 2.66. The van der Waals surface area contributed by atoms with E-state index < -0.39 is 0 Å². The summed E-state index contributed by atoms with van der Waals surface area (Å²) >= 11 is 1.44. The molecule has 1 heterocycles. The van der Waals surface area contributed by atoms with Gasteiger partial charge in [-0.15, -0.1) is 11.3 Å². The van der Waals surface area contributed by atoms with Crippen LogP contribution in [0.5, 0.6) is 0 Å². The van der Waals surface area contributed by atoms with Crippen molar-refractivity contribution >= 4 is 23.6 Å². The van der Waals surface area contributed by atoms with E-state index >= 15 is 0 Å². The molecule has 0 aromatic carbocycles. The molecule has 4 heteroatoms. The van der Waals surface area contributed by atoms with E-state index in [-0.39, 0.29) is 5.97 Å². The minimum Gasteiger partial charge on any atom is -0.465 e. The number of rotatable bonds is 2. The average molecular weight is 224 g/mol. The second-order valence-corrected chi connectivity index (χ2v) is 4.70. The zero-order valence-electron chi connectivity index (χ0n) is 8.54. The van der Waals surface area contributed by atoms with Crippen LogP contribution in [-0.4, -0.2) is 19.4 Å². The molecule has 0 fully saturated rings. The van der Waals surface area contributed by atoms with E-state index in [0.29, 0.717) is 10.4 Å². The summed E-state index contributed by atoms with van der Waals surface area (Å²) in [4.78, 5) is 24.1. The summed E-state index contributed by atoms with van der Waals surface area (Å²) in [6, 6.07) is 0. The summed E-state index contributed by atoms with van der Waals surface area (Å²) in [5.41, 5.74) is 1.55. The van der Waals surface area contributed by atoms with Gasteiger partial charge in [-0.05, 0) is 31.2 Å². The Hall–Kier alpha value is -1.16. The molecule has 3 nitrogen and oxygen atoms in total. The zero-order chi connectivity index (χ0) is 10.8. The topological polar surface area (TPSA) is 43.4 Å². The molecule has 0 saturated carbocycles. The Labute approximate surface area is 92.1 Å². The minimum atomic E-state index is -0.378. The molecule has 0 atom stereocenters. The summed E-state index contributed by atoms with van der Waals surface area (Å²) in [7, 11) is 1.35. The maximum atomic E-state index is 11.6. The molecule has 0 unspecified atom stereocenters. The zero-order valence-corrected chi connectivity index (χ0v) is 9.36. The van der Waals surface area contributed by atoms with Gasteiger partial charge in [0, 0.05) is 4.88 Å². The van der Waals surface area contributed by atoms with Crippen molar-refractivity contribution in [3.63, 3.8) is 0 Å². The van der Waals surface area contributed by atoms with E-state index in [0.717, 1.165) is 37.5 Å². The number of aryl methyl sites for hydroxylation is 1. The highest BCUT2D eigenvalue weighted by atomic mass is 32.1. The van der Waals surface area contributed by atoms with Gasteiger partial charge in [-0.3, -0.25) is 4.79 Å². The van der Waals surface area contributed by atoms with Crippen LogP contribution in [0.2, 0.25) is 0 Å². The van der Waals surface area contributed by atoms with Gasteiger partial charge in [0.1, 0.15) is 0 Å². The van der Waals surface area contributed by atoms with Gasteiger partial charge in [0.05, 0.1) is 17.6 Å². The first-order chi connectivity index (χ1) is 7.27. The molecule has 0 N–H and O–H groups in total. The number of thiophene rings is 1. The SMILES string of the molecule is COC(=O)c1c(C=O)sc2c1CCCC2. The molecule has 0 amide bonds. The first kappa shape index (κ1) is 10.4. The number of hydrogen-bond donors (Lipinski definition) is 0. The fraction of sp³-hybridized carbons (Fsp3) is 0.455. The van der Waals surface area contributed by atoms with Crippen LogP contribution in [0, 0.1) is 0 Å². The van der Waals surface area contributed by atoms with Gasteiger partial charge in [-0.1, -0.05) is 0 Å². The van der Waals surface area contributed by atoms with Crippen LogP contribution in [0.15, 0.2) is 0 Å². The van der Waals surface area contributed by atoms with E-state index in [9.17, 15) is 9.59 Å². The number of carbonyl (C=O) groups excluding carboxylic acids is 2. The highest BCUT2D eigenvalue weighted by Crippen LogP contribution is 2.33. The number of carbonyl (C=O) groups is 2. The fourth-order valence-corrected chi connectivity index (χ4v) is 3.19. The van der Waals surface area contributed by atoms with Crippen molar-refractivity contribution in [1.82, 2.24) is 0 Å². The van der Waals surface area contributed by atoms with Crippen molar-refractivity contribution in [2.75, 3.05) is 7.11 Å². The number of ether oxygens (including phenoxy) is 1. The first-order valence-electron chi connectivity index (χ1n) is 4.96. The first-order valence-corrected chi connectivity index (χ1v) is 5.77. The fourth-order valence-electron chi connectivity index (χ4n) is 2.00. The van der Waals surface area contributed by atoms with E-state index in [1.165, 1.54) is 23.3 Å². The smallest absolute Gasteiger partial charge is 0.339 e. The molecule has 1 aromatic heterocycles. The Morgan fingerprint density at radius 2 is 2.13 bits per heavy atom. The van der Waals surface area contributed by atoms with E-state index in [1.807, 2.05) is 0 Å². The van der Waals surface area contributed by atoms with Gasteiger partial charge in [0.2, 0.25) is 0 Å². The Morgan fingerprint density at radius 1 is 1.40 bits per heavy atom. The van der Waals surface area contributed by atoms with Crippen molar-refractivity contribution in [3.8, 4) is 0 Å².